The molecule has 0 spiro atoms. The Morgan fingerprint density at radius 2 is 1.69 bits per heavy atom. The number of ether oxygens (including phenoxy) is 1. The third-order valence-electron chi connectivity index (χ3n) is 4.82. The minimum Gasteiger partial charge on any atom is -0.495 e. The van der Waals surface area contributed by atoms with Gasteiger partial charge in [-0.05, 0) is 42.5 Å². The number of carbonyl (C=O) groups excluding carboxylic acids is 1. The van der Waals surface area contributed by atoms with E-state index < -0.39 is 27.8 Å². The van der Waals surface area contributed by atoms with E-state index in [4.69, 9.17) is 4.74 Å². The van der Waals surface area contributed by atoms with Crippen LogP contribution in [0.4, 0.5) is 10.1 Å². The Morgan fingerprint density at radius 1 is 1.06 bits per heavy atom. The van der Waals surface area contributed by atoms with E-state index in [9.17, 15) is 22.9 Å². The summed E-state index contributed by atoms with van der Waals surface area (Å²) in [6.07, 6.45) is 0. The molecule has 0 bridgehead atoms. The highest BCUT2D eigenvalue weighted by atomic mass is 32.2. The Bertz CT molecular complexity index is 1270. The number of hydrogen-bond acceptors (Lipinski definition) is 5. The van der Waals surface area contributed by atoms with Gasteiger partial charge in [0.1, 0.15) is 17.6 Å². The second-order valence-corrected chi connectivity index (χ2v) is 8.70. The number of carbonyl (C=O) groups is 1. The number of para-hydroxylation sites is 2. The summed E-state index contributed by atoms with van der Waals surface area (Å²) in [5.41, 5.74) is 0.528. The second-order valence-electron chi connectivity index (χ2n) is 6.73. The molecule has 0 aliphatic heterocycles. The average Bonchev–Trinajstić information content (AvgIpc) is 2.82. The van der Waals surface area contributed by atoms with Crippen molar-refractivity contribution in [3.8, 4) is 11.8 Å². The number of halogens is 1. The summed E-state index contributed by atoms with van der Waals surface area (Å²) >= 11 is 0. The molecule has 0 heterocycles. The van der Waals surface area contributed by atoms with Gasteiger partial charge < -0.3 is 10.1 Å². The van der Waals surface area contributed by atoms with Crippen molar-refractivity contribution in [2.24, 2.45) is 0 Å². The summed E-state index contributed by atoms with van der Waals surface area (Å²) in [7, 11) is -1.07. The Hall–Kier alpha value is -3.90. The van der Waals surface area contributed by atoms with Crippen LogP contribution in [0, 0.1) is 17.1 Å². The monoisotopic (exact) mass is 453 g/mol. The van der Waals surface area contributed by atoms with Crippen molar-refractivity contribution in [2.45, 2.75) is 10.9 Å². The lowest BCUT2D eigenvalue weighted by molar-refractivity contribution is 0.0944. The van der Waals surface area contributed by atoms with Gasteiger partial charge in [-0.1, -0.05) is 30.3 Å². The van der Waals surface area contributed by atoms with E-state index in [-0.39, 0.29) is 16.0 Å². The first kappa shape index (κ1) is 22.8. The Morgan fingerprint density at radius 3 is 2.31 bits per heavy atom. The quantitative estimate of drug-likeness (QED) is 0.589. The largest absolute Gasteiger partial charge is 0.495 e. The van der Waals surface area contributed by atoms with Crippen molar-refractivity contribution in [3.05, 3.63) is 89.7 Å². The van der Waals surface area contributed by atoms with Gasteiger partial charge in [-0.25, -0.2) is 12.8 Å². The lowest BCUT2D eigenvalue weighted by Crippen LogP contribution is -2.29. The first-order chi connectivity index (χ1) is 15.3. The van der Waals surface area contributed by atoms with Gasteiger partial charge in [-0.3, -0.25) is 9.10 Å². The zero-order valence-corrected chi connectivity index (χ0v) is 18.1. The summed E-state index contributed by atoms with van der Waals surface area (Å²) in [5, 5.41) is 11.8. The number of benzene rings is 3. The number of nitrogens with zero attached hydrogens (tertiary/aromatic N) is 2. The van der Waals surface area contributed by atoms with Gasteiger partial charge in [0.05, 0.1) is 23.8 Å². The molecule has 3 aromatic carbocycles. The van der Waals surface area contributed by atoms with Crippen LogP contribution in [0.3, 0.4) is 0 Å². The van der Waals surface area contributed by atoms with Crippen molar-refractivity contribution in [3.63, 3.8) is 0 Å². The summed E-state index contributed by atoms with van der Waals surface area (Å²) in [4.78, 5) is 12.5. The van der Waals surface area contributed by atoms with Crippen molar-refractivity contribution < 1.29 is 22.3 Å². The topological polar surface area (TPSA) is 99.5 Å². The molecule has 1 atom stereocenters. The van der Waals surface area contributed by atoms with Crippen LogP contribution < -0.4 is 14.4 Å². The molecule has 32 heavy (non-hydrogen) atoms. The SMILES string of the molecule is COc1ccccc1N(C)S(=O)(=O)c1ccc(C(=O)NC(C#N)c2ccccc2F)cc1. The number of rotatable bonds is 7. The smallest absolute Gasteiger partial charge is 0.264 e. The maximum Gasteiger partial charge on any atom is 0.264 e. The fourth-order valence-electron chi connectivity index (χ4n) is 3.06. The number of hydrogen-bond donors (Lipinski definition) is 1. The molecule has 0 fully saturated rings. The highest BCUT2D eigenvalue weighted by Gasteiger charge is 2.24. The van der Waals surface area contributed by atoms with E-state index in [1.807, 2.05) is 6.07 Å². The second kappa shape index (κ2) is 9.49. The van der Waals surface area contributed by atoms with Gasteiger partial charge >= 0.3 is 0 Å². The van der Waals surface area contributed by atoms with Crippen LogP contribution in [-0.4, -0.2) is 28.5 Å². The zero-order valence-electron chi connectivity index (χ0n) is 17.3. The number of amides is 1. The first-order valence-electron chi connectivity index (χ1n) is 9.46. The summed E-state index contributed by atoms with van der Waals surface area (Å²) < 4.78 is 46.3. The third-order valence-corrected chi connectivity index (χ3v) is 6.61. The van der Waals surface area contributed by atoms with E-state index >= 15 is 0 Å². The first-order valence-corrected chi connectivity index (χ1v) is 10.9. The van der Waals surface area contributed by atoms with Gasteiger partial charge in [0, 0.05) is 18.2 Å². The highest BCUT2D eigenvalue weighted by molar-refractivity contribution is 7.92. The molecule has 7 nitrogen and oxygen atoms in total. The Kier molecular flexibility index (Phi) is 6.76. The molecule has 0 saturated heterocycles. The third kappa shape index (κ3) is 4.55. The van der Waals surface area contributed by atoms with Crippen molar-refractivity contribution in [1.82, 2.24) is 5.32 Å². The van der Waals surface area contributed by atoms with Crippen LogP contribution in [0.1, 0.15) is 22.0 Å². The van der Waals surface area contributed by atoms with Gasteiger partial charge in [-0.2, -0.15) is 5.26 Å². The molecule has 0 aliphatic rings. The van der Waals surface area contributed by atoms with Gasteiger partial charge in [0.2, 0.25) is 0 Å². The van der Waals surface area contributed by atoms with Crippen LogP contribution in [0.25, 0.3) is 0 Å². The maximum absolute atomic E-state index is 14.0. The predicted molar refractivity (Wildman–Crippen MR) is 117 cm³/mol. The zero-order chi connectivity index (χ0) is 23.3. The molecule has 0 saturated carbocycles. The molecule has 0 aliphatic carbocycles. The Labute approximate surface area is 185 Å². The van der Waals surface area contributed by atoms with Crippen molar-refractivity contribution in [2.75, 3.05) is 18.5 Å². The van der Waals surface area contributed by atoms with Crippen LogP contribution in [0.5, 0.6) is 5.75 Å². The fourth-order valence-corrected chi connectivity index (χ4v) is 4.27. The number of nitrogens with one attached hydrogen (secondary N) is 1. The molecule has 0 aromatic heterocycles. The molecule has 9 heteroatoms. The van der Waals surface area contributed by atoms with E-state index in [2.05, 4.69) is 5.32 Å². The molecule has 1 unspecified atom stereocenters. The standard InChI is InChI=1S/C23H20FN3O4S/c1-27(21-9-5-6-10-22(21)31-2)32(29,30)17-13-11-16(12-14-17)23(28)26-20(15-25)18-7-3-4-8-19(18)24/h3-14,20H,1-2H3,(H,26,28). The van der Waals surface area contributed by atoms with Crippen LogP contribution in [0.15, 0.2) is 77.7 Å². The molecule has 3 aromatic rings. The number of nitriles is 1. The molecule has 1 amide bonds. The molecule has 1 N–H and O–H groups in total. The van der Waals surface area contributed by atoms with E-state index in [1.54, 1.807) is 30.3 Å². The van der Waals surface area contributed by atoms with Crippen LogP contribution >= 0.6 is 0 Å². The molecule has 3 rings (SSSR count). The van der Waals surface area contributed by atoms with Gasteiger partial charge in [-0.15, -0.1) is 0 Å². The Balaban J connectivity index is 1.81. The highest BCUT2D eigenvalue weighted by Crippen LogP contribution is 2.31. The predicted octanol–water partition coefficient (Wildman–Crippen LogP) is 3.65. The van der Waals surface area contributed by atoms with E-state index in [1.165, 1.54) is 56.6 Å². The van der Waals surface area contributed by atoms with E-state index in [0.29, 0.717) is 11.4 Å². The van der Waals surface area contributed by atoms with Crippen LogP contribution in [-0.2, 0) is 10.0 Å². The van der Waals surface area contributed by atoms with Crippen molar-refractivity contribution >= 4 is 21.6 Å². The molecular formula is C23H20FN3O4S. The lowest BCUT2D eigenvalue weighted by Gasteiger charge is -2.21. The fraction of sp³-hybridized carbons (Fsp3) is 0.130. The maximum atomic E-state index is 14.0. The number of anilines is 1. The van der Waals surface area contributed by atoms with E-state index in [0.717, 1.165) is 4.31 Å². The normalized spacial score (nSPS) is 11.8. The molecule has 164 valence electrons. The summed E-state index contributed by atoms with van der Waals surface area (Å²) in [6.45, 7) is 0. The summed E-state index contributed by atoms with van der Waals surface area (Å²) in [5.74, 6) is -0.854. The molecule has 0 radical (unpaired) electrons. The van der Waals surface area contributed by atoms with Crippen molar-refractivity contribution in [1.29, 1.82) is 5.26 Å². The van der Waals surface area contributed by atoms with Gasteiger partial charge in [0.15, 0.2) is 0 Å². The summed E-state index contributed by atoms with van der Waals surface area (Å²) in [6, 6.07) is 18.2. The molecular weight excluding hydrogens is 433 g/mol. The minimum absolute atomic E-state index is 0.0339. The number of methoxy groups -OCH3 is 1. The average molecular weight is 453 g/mol. The van der Waals surface area contributed by atoms with Crippen LogP contribution in [0.2, 0.25) is 0 Å². The van der Waals surface area contributed by atoms with Gasteiger partial charge in [0.25, 0.3) is 15.9 Å². The minimum atomic E-state index is -3.92. The lowest BCUT2D eigenvalue weighted by atomic mass is 10.1. The number of sulfonamides is 1.